The average molecular weight is 569 g/mol. The summed E-state index contributed by atoms with van der Waals surface area (Å²) in [6, 6.07) is 3.79. The number of hydrogen-bond donors (Lipinski definition) is 2. The summed E-state index contributed by atoms with van der Waals surface area (Å²) in [5.41, 5.74) is 4.41. The van der Waals surface area contributed by atoms with Gasteiger partial charge >= 0.3 is 11.8 Å². The first kappa shape index (κ1) is 15.7. The maximum atomic E-state index is 15.9. The smallest absolute Gasteiger partial charge is 0.404 e. The van der Waals surface area contributed by atoms with Gasteiger partial charge in [-0.2, -0.15) is 9.49 Å². The van der Waals surface area contributed by atoms with E-state index >= 15 is 4.39 Å². The lowest BCUT2D eigenvalue weighted by atomic mass is 9.98. The summed E-state index contributed by atoms with van der Waals surface area (Å²) in [7, 11) is 0. The van der Waals surface area contributed by atoms with Gasteiger partial charge in [-0.25, -0.2) is 14.6 Å². The summed E-state index contributed by atoms with van der Waals surface area (Å²) in [4.78, 5) is 33.0. The van der Waals surface area contributed by atoms with Crippen molar-refractivity contribution < 1.29 is 29.0 Å². The molecule has 1 fully saturated rings. The van der Waals surface area contributed by atoms with Gasteiger partial charge in [0.15, 0.2) is 0 Å². The molecule has 1 amide bonds. The van der Waals surface area contributed by atoms with E-state index in [2.05, 4.69) is 20.2 Å². The van der Waals surface area contributed by atoms with Crippen molar-refractivity contribution >= 4 is 39.1 Å². The summed E-state index contributed by atoms with van der Waals surface area (Å²) in [6.07, 6.45) is 2.32. The number of amides is 1. The Morgan fingerprint density at radius 2 is 2.20 bits per heavy atom. The van der Waals surface area contributed by atoms with Crippen molar-refractivity contribution in [2.24, 2.45) is 19.7 Å². The van der Waals surface area contributed by atoms with E-state index in [-0.39, 0.29) is 57.2 Å². The van der Waals surface area contributed by atoms with Crippen LogP contribution in [0.3, 0.4) is 0 Å². The lowest BCUT2D eigenvalue weighted by Crippen LogP contribution is -2.26. The minimum Gasteiger partial charge on any atom is -0.446 e. The van der Waals surface area contributed by atoms with E-state index in [1.165, 1.54) is 29.0 Å². The van der Waals surface area contributed by atoms with Gasteiger partial charge in [-0.05, 0) is 37.4 Å². The zero-order valence-corrected chi connectivity index (χ0v) is 21.1. The fraction of sp³-hybridized carbons (Fsp3) is 0.321. The molecule has 0 saturated heterocycles. The van der Waals surface area contributed by atoms with E-state index in [0.29, 0.717) is 21.1 Å². The quantitative estimate of drug-likeness (QED) is 0.322. The van der Waals surface area contributed by atoms with Gasteiger partial charge in [-0.15, -0.1) is 5.10 Å². The van der Waals surface area contributed by atoms with Crippen LogP contribution in [0.25, 0.3) is 55.4 Å². The number of primary amides is 1. The molecule has 0 unspecified atom stereocenters. The maximum Gasteiger partial charge on any atom is 0.404 e. The number of aromatic amines is 1. The second kappa shape index (κ2) is 9.04. The highest BCUT2D eigenvalue weighted by Gasteiger charge is 2.33. The Morgan fingerprint density at radius 3 is 3.00 bits per heavy atom. The van der Waals surface area contributed by atoms with E-state index in [1.54, 1.807) is 0 Å². The molecule has 0 bridgehead atoms. The molecule has 1 aromatic carbocycles. The second-order valence-corrected chi connectivity index (χ2v) is 9.82. The number of fused-ring (bicyclic) bond motifs is 4. The normalized spacial score (nSPS) is 22.6. The summed E-state index contributed by atoms with van der Waals surface area (Å²) < 4.78 is 112. The molecule has 210 valence electrons. The van der Waals surface area contributed by atoms with E-state index < -0.39 is 62.7 Å². The van der Waals surface area contributed by atoms with E-state index in [1.807, 2.05) is 0 Å². The minimum absolute atomic E-state index is 0.0288. The van der Waals surface area contributed by atoms with Gasteiger partial charge in [0.05, 0.1) is 48.3 Å². The third-order valence-corrected chi connectivity index (χ3v) is 7.57. The van der Waals surface area contributed by atoms with E-state index in [9.17, 15) is 9.59 Å². The largest absolute Gasteiger partial charge is 0.446 e. The number of nitrogens with two attached hydrogens (primary N) is 1. The predicted octanol–water partition coefficient (Wildman–Crippen LogP) is 3.98. The topological polar surface area (TPSA) is 144 Å². The highest BCUT2D eigenvalue weighted by Crippen LogP contribution is 2.43. The van der Waals surface area contributed by atoms with Crippen molar-refractivity contribution in [1.29, 1.82) is 0 Å². The zero-order valence-electron chi connectivity index (χ0n) is 32.1. The molecule has 13 heteroatoms. The van der Waals surface area contributed by atoms with Gasteiger partial charge in [0.1, 0.15) is 11.8 Å². The average Bonchev–Trinajstić information content (AvgIpc) is 3.82. The first-order valence-electron chi connectivity index (χ1n) is 18.0. The number of pyridine rings is 1. The summed E-state index contributed by atoms with van der Waals surface area (Å²) in [5.74, 6) is -1.27. The fourth-order valence-electron chi connectivity index (χ4n) is 5.86. The number of hydrogen-bond acceptors (Lipinski definition) is 6. The molecule has 0 radical (unpaired) electrons. The number of aromatic nitrogens is 8. The predicted molar refractivity (Wildman–Crippen MR) is 151 cm³/mol. The lowest BCUT2D eigenvalue weighted by Gasteiger charge is -2.14. The number of nitrogens with one attached hydrogen (secondary N) is 1. The number of nitrogens with zero attached hydrogens (tertiary/aromatic N) is 7. The number of H-pyrrole nitrogens is 1. The van der Waals surface area contributed by atoms with Crippen LogP contribution in [0.15, 0.2) is 41.6 Å². The van der Waals surface area contributed by atoms with Gasteiger partial charge in [0, 0.05) is 62.4 Å². The monoisotopic (exact) mass is 568 g/mol. The van der Waals surface area contributed by atoms with Crippen molar-refractivity contribution in [3.8, 4) is 22.4 Å². The van der Waals surface area contributed by atoms with Crippen LogP contribution in [0.2, 0.25) is 0 Å². The Hall–Kier alpha value is -4.94. The third-order valence-electron chi connectivity index (χ3n) is 7.57. The molecule has 41 heavy (non-hydrogen) atoms. The van der Waals surface area contributed by atoms with E-state index in [0.717, 1.165) is 17.1 Å². The van der Waals surface area contributed by atoms with Gasteiger partial charge < -0.3 is 15.5 Å². The Balaban J connectivity index is 1.58. The third kappa shape index (κ3) is 3.75. The molecule has 1 aliphatic rings. The Labute approximate surface area is 247 Å². The number of aryl methyl sites for hydroxylation is 3. The molecular weight excluding hydrogens is 529 g/mol. The molecular formula is C28H28FN9O3. The van der Waals surface area contributed by atoms with Crippen LogP contribution in [-0.2, 0) is 25.2 Å². The molecule has 0 aliphatic heterocycles. The fourth-order valence-corrected chi connectivity index (χ4v) is 5.86. The molecule has 12 nitrogen and oxygen atoms in total. The summed E-state index contributed by atoms with van der Waals surface area (Å²) in [5, 5.41) is 8.01. The van der Waals surface area contributed by atoms with Gasteiger partial charge in [-0.3, -0.25) is 18.5 Å². The SMILES string of the molecule is [2H]C([2H])([2H])n1ncc2cc(-c3c(-c4cn(C([2H])([2H])C([2H])([2H])[2H])nc4F)[nH]c4ncc5c(c34)n([C@@H]3CC[C@@H](OC(N)=O)C3)c(=O)n5C([2H])([2H])[2H])ccc21. The molecule has 0 spiro atoms. The molecule has 5 aromatic heterocycles. The highest BCUT2D eigenvalue weighted by molar-refractivity contribution is 6.14. The number of halogens is 1. The van der Waals surface area contributed by atoms with Crippen LogP contribution < -0.4 is 11.4 Å². The number of benzene rings is 1. The van der Waals surface area contributed by atoms with E-state index in [4.69, 9.17) is 25.5 Å². The summed E-state index contributed by atoms with van der Waals surface area (Å²) >= 11 is 0. The van der Waals surface area contributed by atoms with Gasteiger partial charge in [0.2, 0.25) is 5.95 Å². The number of carbonyl (C=O) groups is 1. The van der Waals surface area contributed by atoms with Crippen molar-refractivity contribution in [2.75, 3.05) is 0 Å². The number of carbonyl (C=O) groups excluding carboxylic acids is 1. The number of imidazole rings is 1. The van der Waals surface area contributed by atoms with Gasteiger partial charge in [-0.1, -0.05) is 6.07 Å². The van der Waals surface area contributed by atoms with Crippen molar-refractivity contribution in [3.05, 3.63) is 53.2 Å². The van der Waals surface area contributed by atoms with Crippen LogP contribution in [0, 0.1) is 5.95 Å². The van der Waals surface area contributed by atoms with Crippen LogP contribution in [0.1, 0.15) is 47.2 Å². The number of ether oxygens (including phenoxy) is 1. The first-order chi connectivity index (χ1) is 24.1. The van der Waals surface area contributed by atoms with Crippen LogP contribution in [0.5, 0.6) is 0 Å². The molecule has 3 N–H and O–H groups in total. The number of rotatable bonds is 5. The van der Waals surface area contributed by atoms with Crippen molar-refractivity contribution in [3.63, 3.8) is 0 Å². The van der Waals surface area contributed by atoms with Crippen molar-refractivity contribution in [2.45, 2.75) is 44.8 Å². The Morgan fingerprint density at radius 1 is 1.29 bits per heavy atom. The highest BCUT2D eigenvalue weighted by atomic mass is 19.1. The minimum atomic E-state index is -3.25. The molecule has 2 atom stereocenters. The molecule has 6 aromatic rings. The standard InChI is InChI=1S/C28H28FN9O3/c1-4-37-13-18(25(29)34-37)23-21(14-5-8-19-15(9-14)11-32-36(19)3)22-24-20(12-31-26(22)33-23)35(2)28(40)38(24)16-6-7-17(10-16)41-27(30)39/h5,8-9,11-13,16-17H,4,6-7,10H2,1-3H3,(H2,30,39)(H,31,33)/t16-,17-/m1/s1/i1D3,2D3,3D3,4D2. The zero-order chi connectivity index (χ0) is 37.9. The van der Waals surface area contributed by atoms with Crippen LogP contribution >= 0.6 is 0 Å². The first-order valence-corrected chi connectivity index (χ1v) is 12.5. The maximum absolute atomic E-state index is 15.9. The van der Waals surface area contributed by atoms with Crippen LogP contribution in [-0.4, -0.2) is 50.9 Å². The van der Waals surface area contributed by atoms with Gasteiger partial charge in [0.25, 0.3) is 0 Å². The van der Waals surface area contributed by atoms with Crippen molar-refractivity contribution in [1.82, 2.24) is 38.7 Å². The molecule has 7 rings (SSSR count). The van der Waals surface area contributed by atoms with Crippen LogP contribution in [0.4, 0.5) is 9.18 Å². The summed E-state index contributed by atoms with van der Waals surface area (Å²) in [6.45, 7) is -12.0. The Bertz CT molecular complexity index is 2470. The molecule has 1 aliphatic carbocycles. The second-order valence-electron chi connectivity index (χ2n) is 9.82. The molecule has 5 heterocycles. The molecule has 1 saturated carbocycles. The lowest BCUT2D eigenvalue weighted by molar-refractivity contribution is 0.108. The Kier molecular flexibility index (Phi) is 3.47.